The lowest BCUT2D eigenvalue weighted by Crippen LogP contribution is -2.41. The predicted octanol–water partition coefficient (Wildman–Crippen LogP) is 5.02. The molecule has 3 aromatic rings. The highest BCUT2D eigenvalue weighted by Crippen LogP contribution is 2.28. The molecule has 1 aliphatic heterocycles. The molecule has 0 spiro atoms. The van der Waals surface area contributed by atoms with E-state index in [9.17, 15) is 4.79 Å². The van der Waals surface area contributed by atoms with Crippen LogP contribution in [0.15, 0.2) is 53.1 Å². The van der Waals surface area contributed by atoms with Crippen molar-refractivity contribution in [3.05, 3.63) is 65.5 Å². The SMILES string of the molecule is CCc1cccc(NC(=O)N2CCCC(c3nc(-c4cccc(C)c4)no3)C2)c1. The van der Waals surface area contributed by atoms with Crippen LogP contribution in [0.2, 0.25) is 0 Å². The van der Waals surface area contributed by atoms with E-state index in [1.54, 1.807) is 0 Å². The molecule has 0 aliphatic carbocycles. The van der Waals surface area contributed by atoms with Gasteiger partial charge in [0, 0.05) is 24.3 Å². The first-order chi connectivity index (χ1) is 14.1. The molecule has 6 heteroatoms. The van der Waals surface area contributed by atoms with Gasteiger partial charge in [-0.3, -0.25) is 0 Å². The molecule has 1 saturated heterocycles. The van der Waals surface area contributed by atoms with Crippen LogP contribution in [0.5, 0.6) is 0 Å². The quantitative estimate of drug-likeness (QED) is 0.679. The van der Waals surface area contributed by atoms with Gasteiger partial charge in [-0.2, -0.15) is 4.98 Å². The van der Waals surface area contributed by atoms with Crippen LogP contribution < -0.4 is 5.32 Å². The number of carbonyl (C=O) groups excluding carboxylic acids is 1. The fraction of sp³-hybridized carbons (Fsp3) is 0.348. The minimum Gasteiger partial charge on any atom is -0.339 e. The summed E-state index contributed by atoms with van der Waals surface area (Å²) in [5, 5.41) is 7.17. The lowest BCUT2D eigenvalue weighted by Gasteiger charge is -2.31. The summed E-state index contributed by atoms with van der Waals surface area (Å²) in [6.45, 7) is 5.45. The maximum Gasteiger partial charge on any atom is 0.321 e. The van der Waals surface area contributed by atoms with Crippen molar-refractivity contribution in [1.82, 2.24) is 15.0 Å². The van der Waals surface area contributed by atoms with Crippen molar-refractivity contribution < 1.29 is 9.32 Å². The summed E-state index contributed by atoms with van der Waals surface area (Å²) in [6, 6.07) is 15.9. The molecule has 1 N–H and O–H groups in total. The standard InChI is InChI=1S/C23H26N4O2/c1-3-17-8-5-11-20(14-17)24-23(28)27-12-6-10-19(15-27)22-25-21(26-29-22)18-9-4-7-16(2)13-18/h4-5,7-9,11,13-14,19H,3,6,10,12,15H2,1-2H3,(H,24,28). The van der Waals surface area contributed by atoms with Crippen molar-refractivity contribution >= 4 is 11.7 Å². The van der Waals surface area contributed by atoms with E-state index in [-0.39, 0.29) is 11.9 Å². The highest BCUT2D eigenvalue weighted by molar-refractivity contribution is 5.89. The van der Waals surface area contributed by atoms with Gasteiger partial charge in [-0.1, -0.05) is 48.0 Å². The summed E-state index contributed by atoms with van der Waals surface area (Å²) < 4.78 is 5.56. The van der Waals surface area contributed by atoms with E-state index in [1.165, 1.54) is 5.56 Å². The molecule has 0 radical (unpaired) electrons. The molecule has 4 rings (SSSR count). The lowest BCUT2D eigenvalue weighted by atomic mass is 9.98. The first-order valence-electron chi connectivity index (χ1n) is 10.2. The van der Waals surface area contributed by atoms with Gasteiger partial charge in [0.15, 0.2) is 0 Å². The Bertz CT molecular complexity index is 998. The molecule has 150 valence electrons. The average Bonchev–Trinajstić information content (AvgIpc) is 3.24. The molecule has 1 aromatic heterocycles. The van der Waals surface area contributed by atoms with E-state index in [0.29, 0.717) is 18.3 Å². The Morgan fingerprint density at radius 3 is 2.93 bits per heavy atom. The topological polar surface area (TPSA) is 71.3 Å². The van der Waals surface area contributed by atoms with E-state index in [0.717, 1.165) is 42.6 Å². The predicted molar refractivity (Wildman–Crippen MR) is 113 cm³/mol. The summed E-state index contributed by atoms with van der Waals surface area (Å²) in [7, 11) is 0. The molecular weight excluding hydrogens is 364 g/mol. The Hall–Kier alpha value is -3.15. The second-order valence-electron chi connectivity index (χ2n) is 7.59. The smallest absolute Gasteiger partial charge is 0.321 e. The van der Waals surface area contributed by atoms with Crippen molar-refractivity contribution in [3.63, 3.8) is 0 Å². The monoisotopic (exact) mass is 390 g/mol. The van der Waals surface area contributed by atoms with E-state index in [1.807, 2.05) is 54.3 Å². The van der Waals surface area contributed by atoms with E-state index in [2.05, 4.69) is 28.4 Å². The average molecular weight is 390 g/mol. The van der Waals surface area contributed by atoms with Gasteiger partial charge < -0.3 is 14.7 Å². The first-order valence-corrected chi connectivity index (χ1v) is 10.2. The van der Waals surface area contributed by atoms with E-state index in [4.69, 9.17) is 4.52 Å². The molecule has 2 heterocycles. The van der Waals surface area contributed by atoms with Crippen LogP contribution in [0.4, 0.5) is 10.5 Å². The summed E-state index contributed by atoms with van der Waals surface area (Å²) in [5.74, 6) is 1.26. The van der Waals surface area contributed by atoms with Crippen LogP contribution in [0.1, 0.15) is 42.7 Å². The minimum absolute atomic E-state index is 0.0579. The zero-order valence-corrected chi connectivity index (χ0v) is 16.9. The van der Waals surface area contributed by atoms with Gasteiger partial charge in [-0.25, -0.2) is 4.79 Å². The van der Waals surface area contributed by atoms with Crippen LogP contribution in [-0.2, 0) is 6.42 Å². The number of benzene rings is 2. The van der Waals surface area contributed by atoms with Crippen LogP contribution in [0, 0.1) is 6.92 Å². The molecule has 29 heavy (non-hydrogen) atoms. The zero-order valence-electron chi connectivity index (χ0n) is 16.9. The van der Waals surface area contributed by atoms with Crippen molar-refractivity contribution in [2.24, 2.45) is 0 Å². The van der Waals surface area contributed by atoms with Crippen LogP contribution >= 0.6 is 0 Å². The van der Waals surface area contributed by atoms with Gasteiger partial charge in [0.05, 0.1) is 5.92 Å². The van der Waals surface area contributed by atoms with E-state index < -0.39 is 0 Å². The summed E-state index contributed by atoms with van der Waals surface area (Å²) in [5.41, 5.74) is 4.13. The first kappa shape index (κ1) is 19.2. The second-order valence-corrected chi connectivity index (χ2v) is 7.59. The molecular formula is C23H26N4O2. The number of hydrogen-bond acceptors (Lipinski definition) is 4. The number of aromatic nitrogens is 2. The van der Waals surface area contributed by atoms with Gasteiger partial charge in [0.1, 0.15) is 0 Å². The number of anilines is 1. The number of rotatable bonds is 4. The van der Waals surface area contributed by atoms with Crippen molar-refractivity contribution in [1.29, 1.82) is 0 Å². The highest BCUT2D eigenvalue weighted by atomic mass is 16.5. The fourth-order valence-electron chi connectivity index (χ4n) is 3.74. The number of likely N-dealkylation sites (tertiary alicyclic amines) is 1. The van der Waals surface area contributed by atoms with Gasteiger partial charge in [0.2, 0.25) is 11.7 Å². The number of hydrogen-bond donors (Lipinski definition) is 1. The molecule has 2 amide bonds. The minimum atomic E-state index is -0.0821. The summed E-state index contributed by atoms with van der Waals surface area (Å²) in [6.07, 6.45) is 2.79. The molecule has 1 atom stereocenters. The fourth-order valence-corrected chi connectivity index (χ4v) is 3.74. The van der Waals surface area contributed by atoms with Crippen molar-refractivity contribution in [2.45, 2.75) is 39.0 Å². The summed E-state index contributed by atoms with van der Waals surface area (Å²) >= 11 is 0. The van der Waals surface area contributed by atoms with Crippen molar-refractivity contribution in [3.8, 4) is 11.4 Å². The number of urea groups is 1. The van der Waals surface area contributed by atoms with Crippen molar-refractivity contribution in [2.75, 3.05) is 18.4 Å². The van der Waals surface area contributed by atoms with E-state index >= 15 is 0 Å². The van der Waals surface area contributed by atoms with Gasteiger partial charge in [-0.05, 0) is 49.9 Å². The molecule has 0 bridgehead atoms. The Balaban J connectivity index is 1.43. The number of nitrogens with zero attached hydrogens (tertiary/aromatic N) is 3. The van der Waals surface area contributed by atoms with Gasteiger partial charge in [-0.15, -0.1) is 0 Å². The third-order valence-corrected chi connectivity index (χ3v) is 5.36. The Morgan fingerprint density at radius 1 is 1.24 bits per heavy atom. The Labute approximate surface area is 170 Å². The highest BCUT2D eigenvalue weighted by Gasteiger charge is 2.28. The largest absolute Gasteiger partial charge is 0.339 e. The normalized spacial score (nSPS) is 16.6. The van der Waals surface area contributed by atoms with Crippen LogP contribution in [0.3, 0.4) is 0 Å². The number of piperidine rings is 1. The van der Waals surface area contributed by atoms with Gasteiger partial charge >= 0.3 is 6.03 Å². The molecule has 0 saturated carbocycles. The Kier molecular flexibility index (Phi) is 5.60. The third-order valence-electron chi connectivity index (χ3n) is 5.36. The molecule has 6 nitrogen and oxygen atoms in total. The van der Waals surface area contributed by atoms with Gasteiger partial charge in [0.25, 0.3) is 0 Å². The lowest BCUT2D eigenvalue weighted by molar-refractivity contribution is 0.184. The second kappa shape index (κ2) is 8.47. The number of carbonyl (C=O) groups is 1. The molecule has 1 aliphatic rings. The summed E-state index contributed by atoms with van der Waals surface area (Å²) in [4.78, 5) is 19.2. The molecule has 2 aromatic carbocycles. The zero-order chi connectivity index (χ0) is 20.2. The molecule has 1 unspecified atom stereocenters. The number of amides is 2. The maximum atomic E-state index is 12.8. The maximum absolute atomic E-state index is 12.8. The Morgan fingerprint density at radius 2 is 2.10 bits per heavy atom. The molecule has 1 fully saturated rings. The number of nitrogens with one attached hydrogen (secondary N) is 1. The number of aryl methyl sites for hydroxylation is 2. The van der Waals surface area contributed by atoms with Crippen LogP contribution in [-0.4, -0.2) is 34.2 Å². The van der Waals surface area contributed by atoms with Crippen LogP contribution in [0.25, 0.3) is 11.4 Å². The third kappa shape index (κ3) is 4.47.